The molecule has 0 aliphatic heterocycles. The molecule has 0 radical (unpaired) electrons. The number of hydrogen-bond acceptors (Lipinski definition) is 6. The maximum atomic E-state index is 12.0. The zero-order chi connectivity index (χ0) is 18.8. The number of carbonyl (C=O) groups excluding carboxylic acids is 2. The van der Waals surface area contributed by atoms with Crippen LogP contribution in [0.3, 0.4) is 0 Å². The van der Waals surface area contributed by atoms with Crippen molar-refractivity contribution in [2.45, 2.75) is 52.5 Å². The van der Waals surface area contributed by atoms with Crippen LogP contribution in [0, 0.1) is 5.92 Å². The third kappa shape index (κ3) is 10.4. The predicted molar refractivity (Wildman–Crippen MR) is 78.3 cm³/mol. The van der Waals surface area contributed by atoms with Crippen LogP contribution in [0.25, 0.3) is 0 Å². The molecule has 0 aromatic carbocycles. The van der Waals surface area contributed by atoms with Gasteiger partial charge in [-0.2, -0.15) is 13.2 Å². The van der Waals surface area contributed by atoms with Gasteiger partial charge in [0, 0.05) is 12.5 Å². The lowest BCUT2D eigenvalue weighted by Gasteiger charge is -2.18. The summed E-state index contributed by atoms with van der Waals surface area (Å²) in [5.41, 5.74) is 0. The van der Waals surface area contributed by atoms with Crippen molar-refractivity contribution in [2.24, 2.45) is 5.92 Å². The molecule has 142 valence electrons. The highest BCUT2D eigenvalue weighted by molar-refractivity contribution is 5.75. The van der Waals surface area contributed by atoms with E-state index in [2.05, 4.69) is 4.74 Å². The van der Waals surface area contributed by atoms with Crippen molar-refractivity contribution in [1.82, 2.24) is 0 Å². The summed E-state index contributed by atoms with van der Waals surface area (Å²) in [6.07, 6.45) is -5.28. The smallest absolute Gasteiger partial charge is 0.461 e. The summed E-state index contributed by atoms with van der Waals surface area (Å²) in [5.74, 6) is -3.34. The first-order chi connectivity index (χ1) is 11.1. The average Bonchev–Trinajstić information content (AvgIpc) is 2.52. The van der Waals surface area contributed by atoms with Gasteiger partial charge in [0.25, 0.3) is 0 Å². The second kappa shape index (κ2) is 11.2. The van der Waals surface area contributed by atoms with Crippen molar-refractivity contribution in [1.29, 1.82) is 0 Å². The van der Waals surface area contributed by atoms with Crippen LogP contribution >= 0.6 is 0 Å². The Morgan fingerprint density at radius 1 is 0.958 bits per heavy atom. The molecule has 0 rings (SSSR count). The molecule has 0 aromatic rings. The fourth-order valence-corrected chi connectivity index (χ4v) is 1.41. The fourth-order valence-electron chi connectivity index (χ4n) is 1.41. The van der Waals surface area contributed by atoms with E-state index in [-0.39, 0.29) is 19.3 Å². The zero-order valence-corrected chi connectivity index (χ0v) is 14.4. The van der Waals surface area contributed by atoms with Gasteiger partial charge < -0.3 is 18.9 Å². The molecule has 0 aliphatic rings. The van der Waals surface area contributed by atoms with Gasteiger partial charge in [0.05, 0.1) is 19.3 Å². The Morgan fingerprint density at radius 3 is 2.12 bits per heavy atom. The highest BCUT2D eigenvalue weighted by atomic mass is 19.4. The lowest BCUT2D eigenvalue weighted by molar-refractivity contribution is -0.201. The van der Waals surface area contributed by atoms with Crippen molar-refractivity contribution < 1.29 is 41.7 Å². The second-order valence-corrected chi connectivity index (χ2v) is 5.49. The number of hydrogen-bond donors (Lipinski definition) is 0. The Balaban J connectivity index is 3.96. The molecule has 0 bridgehead atoms. The minimum Gasteiger partial charge on any atom is -0.461 e. The largest absolute Gasteiger partial charge is 0.490 e. The average molecular weight is 358 g/mol. The molecule has 0 heterocycles. The Kier molecular flexibility index (Phi) is 10.6. The van der Waals surface area contributed by atoms with Crippen LogP contribution in [-0.4, -0.2) is 56.8 Å². The second-order valence-electron chi connectivity index (χ2n) is 5.49. The molecule has 0 saturated heterocycles. The van der Waals surface area contributed by atoms with E-state index in [4.69, 9.17) is 14.2 Å². The molecule has 3 unspecified atom stereocenters. The third-order valence-corrected chi connectivity index (χ3v) is 2.76. The lowest BCUT2D eigenvalue weighted by atomic mass is 10.2. The van der Waals surface area contributed by atoms with Crippen molar-refractivity contribution in [2.75, 3.05) is 26.4 Å². The van der Waals surface area contributed by atoms with Crippen LogP contribution in [-0.2, 0) is 28.5 Å². The molecule has 0 N–H and O–H groups in total. The van der Waals surface area contributed by atoms with E-state index < -0.39 is 36.7 Å². The minimum absolute atomic E-state index is 0.0523. The molecule has 0 spiro atoms. The van der Waals surface area contributed by atoms with Gasteiger partial charge in [-0.15, -0.1) is 0 Å². The molecule has 0 fully saturated rings. The van der Waals surface area contributed by atoms with Gasteiger partial charge in [-0.05, 0) is 20.3 Å². The van der Waals surface area contributed by atoms with Gasteiger partial charge in [0.2, 0.25) is 0 Å². The first-order valence-corrected chi connectivity index (χ1v) is 7.71. The highest BCUT2D eigenvalue weighted by Crippen LogP contribution is 2.17. The summed E-state index contributed by atoms with van der Waals surface area (Å²) in [6, 6.07) is 0. The van der Waals surface area contributed by atoms with E-state index >= 15 is 0 Å². The van der Waals surface area contributed by atoms with Gasteiger partial charge >= 0.3 is 18.1 Å². The number of halogens is 3. The molecule has 0 aliphatic carbocycles. The quantitative estimate of drug-likeness (QED) is 0.529. The van der Waals surface area contributed by atoms with Crippen LogP contribution in [0.5, 0.6) is 0 Å². The summed E-state index contributed by atoms with van der Waals surface area (Å²) >= 11 is 0. The molecule has 0 amide bonds. The molecule has 3 atom stereocenters. The summed E-state index contributed by atoms with van der Waals surface area (Å²) in [5, 5.41) is 0. The summed E-state index contributed by atoms with van der Waals surface area (Å²) in [7, 11) is 0. The SMILES string of the molecule is CCCOC(C)COC(=O)C(C)OCC(C)COC(=O)C(F)(F)F. The zero-order valence-electron chi connectivity index (χ0n) is 14.4. The van der Waals surface area contributed by atoms with Crippen LogP contribution in [0.4, 0.5) is 13.2 Å². The molecule has 6 nitrogen and oxygen atoms in total. The maximum Gasteiger partial charge on any atom is 0.490 e. The summed E-state index contributed by atoms with van der Waals surface area (Å²) in [4.78, 5) is 22.3. The van der Waals surface area contributed by atoms with E-state index in [1.54, 1.807) is 6.92 Å². The Labute approximate surface area is 139 Å². The monoisotopic (exact) mass is 358 g/mol. The number of esters is 2. The molecular formula is C15H25F3O6. The predicted octanol–water partition coefficient (Wildman–Crippen LogP) is 2.49. The Bertz CT molecular complexity index is 386. The van der Waals surface area contributed by atoms with Crippen LogP contribution < -0.4 is 0 Å². The van der Waals surface area contributed by atoms with Crippen LogP contribution in [0.1, 0.15) is 34.1 Å². The molecule has 0 saturated carbocycles. The van der Waals surface area contributed by atoms with Gasteiger partial charge in [-0.25, -0.2) is 9.59 Å². The van der Waals surface area contributed by atoms with Crippen molar-refractivity contribution >= 4 is 11.9 Å². The lowest BCUT2D eigenvalue weighted by Crippen LogP contribution is -2.31. The number of carbonyl (C=O) groups is 2. The summed E-state index contributed by atoms with van der Waals surface area (Å²) in [6.45, 7) is 6.87. The maximum absolute atomic E-state index is 12.0. The van der Waals surface area contributed by atoms with E-state index in [9.17, 15) is 22.8 Å². The van der Waals surface area contributed by atoms with E-state index in [0.29, 0.717) is 6.61 Å². The molecule has 0 aromatic heterocycles. The molecular weight excluding hydrogens is 333 g/mol. The number of rotatable bonds is 11. The van der Waals surface area contributed by atoms with E-state index in [0.717, 1.165) is 6.42 Å². The van der Waals surface area contributed by atoms with Gasteiger partial charge in [0.15, 0.2) is 6.10 Å². The standard InChI is InChI=1S/C15H25F3O6/c1-5-6-21-11(3)9-23-13(19)12(4)22-7-10(2)8-24-14(20)15(16,17)18/h10-12H,5-9H2,1-4H3. The number of ether oxygens (including phenoxy) is 4. The van der Waals surface area contributed by atoms with E-state index in [1.165, 1.54) is 13.8 Å². The van der Waals surface area contributed by atoms with Crippen molar-refractivity contribution in [3.63, 3.8) is 0 Å². The first kappa shape index (κ1) is 22.6. The normalized spacial score (nSPS) is 15.5. The Morgan fingerprint density at radius 2 is 1.58 bits per heavy atom. The van der Waals surface area contributed by atoms with Crippen molar-refractivity contribution in [3.05, 3.63) is 0 Å². The van der Waals surface area contributed by atoms with Gasteiger partial charge in [0.1, 0.15) is 6.61 Å². The van der Waals surface area contributed by atoms with Crippen LogP contribution in [0.2, 0.25) is 0 Å². The minimum atomic E-state index is -5.02. The fraction of sp³-hybridized carbons (Fsp3) is 0.867. The van der Waals surface area contributed by atoms with E-state index in [1.807, 2.05) is 6.92 Å². The Hall–Kier alpha value is -1.35. The van der Waals surface area contributed by atoms with Crippen LogP contribution in [0.15, 0.2) is 0 Å². The molecule has 9 heteroatoms. The third-order valence-electron chi connectivity index (χ3n) is 2.76. The highest BCUT2D eigenvalue weighted by Gasteiger charge is 2.41. The van der Waals surface area contributed by atoms with Gasteiger partial charge in [-0.1, -0.05) is 13.8 Å². The molecule has 24 heavy (non-hydrogen) atoms. The first-order valence-electron chi connectivity index (χ1n) is 7.71. The topological polar surface area (TPSA) is 71.1 Å². The number of alkyl halides is 3. The van der Waals surface area contributed by atoms with Gasteiger partial charge in [-0.3, -0.25) is 0 Å². The van der Waals surface area contributed by atoms with Crippen molar-refractivity contribution in [3.8, 4) is 0 Å². The summed E-state index contributed by atoms with van der Waals surface area (Å²) < 4.78 is 55.6.